The van der Waals surface area contributed by atoms with Crippen molar-refractivity contribution in [3.05, 3.63) is 0 Å². The lowest BCUT2D eigenvalue weighted by Crippen LogP contribution is -2.56. The Morgan fingerprint density at radius 3 is 2.16 bits per heavy atom. The standard InChI is InChI=1S/C14H18F3N3O5/c1-2-18-3-4-19(12(23)11(18)22)7-10(21)20-5-8(13(24)25)9(6-20)14(15,16)17/h8-9H,2-7H2,1H3,(H,24,25)/t8-,9-/m1/s1. The van der Waals surface area contributed by atoms with Gasteiger partial charge in [-0.2, -0.15) is 13.2 Å². The van der Waals surface area contributed by atoms with Gasteiger partial charge >= 0.3 is 24.0 Å². The van der Waals surface area contributed by atoms with E-state index in [0.717, 1.165) is 9.80 Å². The first-order valence-electron chi connectivity index (χ1n) is 7.71. The number of hydrogen-bond donors (Lipinski definition) is 1. The molecule has 25 heavy (non-hydrogen) atoms. The van der Waals surface area contributed by atoms with Gasteiger partial charge in [0.15, 0.2) is 0 Å². The molecule has 0 aliphatic carbocycles. The van der Waals surface area contributed by atoms with Crippen LogP contribution in [-0.4, -0.2) is 88.9 Å². The smallest absolute Gasteiger partial charge is 0.394 e. The predicted octanol–water partition coefficient (Wildman–Crippen LogP) is -0.601. The van der Waals surface area contributed by atoms with Crippen molar-refractivity contribution >= 4 is 23.7 Å². The van der Waals surface area contributed by atoms with Crippen LogP contribution >= 0.6 is 0 Å². The number of hydrogen-bond acceptors (Lipinski definition) is 4. The van der Waals surface area contributed by atoms with Gasteiger partial charge in [-0.25, -0.2) is 0 Å². The zero-order valence-corrected chi connectivity index (χ0v) is 13.5. The molecule has 0 radical (unpaired) electrons. The highest BCUT2D eigenvalue weighted by Crippen LogP contribution is 2.37. The Balaban J connectivity index is 2.03. The third-order valence-corrected chi connectivity index (χ3v) is 4.52. The number of carbonyl (C=O) groups is 4. The number of likely N-dealkylation sites (N-methyl/N-ethyl adjacent to an activating group) is 1. The quantitative estimate of drug-likeness (QED) is 0.671. The van der Waals surface area contributed by atoms with Crippen molar-refractivity contribution in [2.75, 3.05) is 39.3 Å². The Labute approximate surface area is 141 Å². The number of piperazine rings is 1. The van der Waals surface area contributed by atoms with E-state index >= 15 is 0 Å². The molecule has 0 saturated carbocycles. The van der Waals surface area contributed by atoms with Crippen molar-refractivity contribution in [1.82, 2.24) is 14.7 Å². The number of carbonyl (C=O) groups excluding carboxylic acids is 3. The molecule has 140 valence electrons. The van der Waals surface area contributed by atoms with Crippen LogP contribution in [0.25, 0.3) is 0 Å². The lowest BCUT2D eigenvalue weighted by molar-refractivity contribution is -0.188. The average molecular weight is 365 g/mol. The number of aliphatic carboxylic acids is 1. The van der Waals surface area contributed by atoms with Crippen LogP contribution in [0.2, 0.25) is 0 Å². The highest BCUT2D eigenvalue weighted by molar-refractivity contribution is 6.35. The fourth-order valence-corrected chi connectivity index (χ4v) is 3.02. The van der Waals surface area contributed by atoms with Crippen molar-refractivity contribution in [2.24, 2.45) is 11.8 Å². The van der Waals surface area contributed by atoms with E-state index in [9.17, 15) is 32.3 Å². The second-order valence-electron chi connectivity index (χ2n) is 6.00. The van der Waals surface area contributed by atoms with Gasteiger partial charge in [0.05, 0.1) is 11.8 Å². The zero-order chi connectivity index (χ0) is 18.9. The van der Waals surface area contributed by atoms with Gasteiger partial charge in [-0.1, -0.05) is 0 Å². The summed E-state index contributed by atoms with van der Waals surface area (Å²) in [6, 6.07) is 0. The number of halogens is 3. The van der Waals surface area contributed by atoms with Crippen LogP contribution in [0, 0.1) is 11.8 Å². The van der Waals surface area contributed by atoms with Crippen LogP contribution in [0.15, 0.2) is 0 Å². The van der Waals surface area contributed by atoms with E-state index in [1.54, 1.807) is 6.92 Å². The topological polar surface area (TPSA) is 98.2 Å². The molecule has 11 heteroatoms. The van der Waals surface area contributed by atoms with E-state index < -0.39 is 61.3 Å². The highest BCUT2D eigenvalue weighted by atomic mass is 19.4. The maximum absolute atomic E-state index is 12.9. The lowest BCUT2D eigenvalue weighted by atomic mass is 9.96. The van der Waals surface area contributed by atoms with Gasteiger partial charge < -0.3 is 19.8 Å². The third kappa shape index (κ3) is 3.85. The molecule has 2 heterocycles. The highest BCUT2D eigenvalue weighted by Gasteiger charge is 2.53. The van der Waals surface area contributed by atoms with Gasteiger partial charge in [0.2, 0.25) is 5.91 Å². The first kappa shape index (κ1) is 19.0. The summed E-state index contributed by atoms with van der Waals surface area (Å²) in [5.41, 5.74) is 0. The minimum absolute atomic E-state index is 0.100. The Hall–Kier alpha value is -2.33. The van der Waals surface area contributed by atoms with Crippen molar-refractivity contribution in [1.29, 1.82) is 0 Å². The van der Waals surface area contributed by atoms with Crippen molar-refractivity contribution < 1.29 is 37.5 Å². The number of likely N-dealkylation sites (tertiary alicyclic amines) is 1. The molecule has 8 nitrogen and oxygen atoms in total. The first-order valence-corrected chi connectivity index (χ1v) is 7.71. The SMILES string of the molecule is CCN1CCN(CC(=O)N2C[C@@H](C(F)(F)F)[C@H](C(=O)O)C2)C(=O)C1=O. The maximum atomic E-state index is 12.9. The number of carboxylic acid groups (broad SMARTS) is 1. The summed E-state index contributed by atoms with van der Waals surface area (Å²) in [6.07, 6.45) is -4.74. The second kappa shape index (κ2) is 6.89. The average Bonchev–Trinajstić information content (AvgIpc) is 2.98. The summed E-state index contributed by atoms with van der Waals surface area (Å²) < 4.78 is 38.8. The van der Waals surface area contributed by atoms with Crippen LogP contribution in [0.5, 0.6) is 0 Å². The number of amides is 3. The molecule has 1 N–H and O–H groups in total. The number of nitrogens with zero attached hydrogens (tertiary/aromatic N) is 3. The molecule has 2 fully saturated rings. The molecule has 0 aromatic rings. The van der Waals surface area contributed by atoms with Crippen molar-refractivity contribution in [2.45, 2.75) is 13.1 Å². The van der Waals surface area contributed by atoms with E-state index in [2.05, 4.69) is 0 Å². The summed E-state index contributed by atoms with van der Waals surface area (Å²) in [4.78, 5) is 50.0. The second-order valence-corrected chi connectivity index (χ2v) is 6.00. The Morgan fingerprint density at radius 1 is 1.12 bits per heavy atom. The van der Waals surface area contributed by atoms with Crippen LogP contribution in [-0.2, 0) is 19.2 Å². The molecule has 0 aromatic carbocycles. The van der Waals surface area contributed by atoms with E-state index in [4.69, 9.17) is 5.11 Å². The van der Waals surface area contributed by atoms with Crippen LogP contribution in [0.4, 0.5) is 13.2 Å². The maximum Gasteiger partial charge on any atom is 0.394 e. The van der Waals surface area contributed by atoms with E-state index in [1.807, 2.05) is 0 Å². The number of alkyl halides is 3. The molecule has 2 aliphatic rings. The Kier molecular flexibility index (Phi) is 5.23. The normalized spacial score (nSPS) is 24.9. The molecule has 2 saturated heterocycles. The number of carboxylic acids is 1. The molecule has 3 amide bonds. The van der Waals surface area contributed by atoms with E-state index in [0.29, 0.717) is 6.54 Å². The van der Waals surface area contributed by atoms with Gasteiger partial charge in [0.1, 0.15) is 6.54 Å². The largest absolute Gasteiger partial charge is 0.481 e. The van der Waals surface area contributed by atoms with Gasteiger partial charge in [-0.15, -0.1) is 0 Å². The zero-order valence-electron chi connectivity index (χ0n) is 13.5. The molecule has 2 aliphatic heterocycles. The molecular formula is C14H18F3N3O5. The molecular weight excluding hydrogens is 347 g/mol. The predicted molar refractivity (Wildman–Crippen MR) is 76.1 cm³/mol. The van der Waals surface area contributed by atoms with Gasteiger partial charge in [-0.3, -0.25) is 19.2 Å². The first-order chi connectivity index (χ1) is 11.6. The summed E-state index contributed by atoms with van der Waals surface area (Å²) in [5, 5.41) is 8.95. The van der Waals surface area contributed by atoms with Crippen molar-refractivity contribution in [3.63, 3.8) is 0 Å². The minimum atomic E-state index is -4.74. The van der Waals surface area contributed by atoms with Gasteiger partial charge in [0.25, 0.3) is 0 Å². The monoisotopic (exact) mass is 365 g/mol. The van der Waals surface area contributed by atoms with E-state index in [1.165, 1.54) is 4.90 Å². The van der Waals surface area contributed by atoms with Crippen LogP contribution < -0.4 is 0 Å². The van der Waals surface area contributed by atoms with Gasteiger partial charge in [0, 0.05) is 32.7 Å². The molecule has 2 rings (SSSR count). The molecule has 0 spiro atoms. The molecule has 0 unspecified atom stereocenters. The Bertz CT molecular complexity index is 595. The summed E-state index contributed by atoms with van der Waals surface area (Å²) in [7, 11) is 0. The van der Waals surface area contributed by atoms with Crippen LogP contribution in [0.1, 0.15) is 6.92 Å². The molecule has 0 bridgehead atoms. The molecule has 0 aromatic heterocycles. The van der Waals surface area contributed by atoms with Crippen LogP contribution in [0.3, 0.4) is 0 Å². The fourth-order valence-electron chi connectivity index (χ4n) is 3.02. The molecule has 2 atom stereocenters. The van der Waals surface area contributed by atoms with Gasteiger partial charge in [-0.05, 0) is 6.92 Å². The summed E-state index contributed by atoms with van der Waals surface area (Å²) >= 11 is 0. The van der Waals surface area contributed by atoms with Crippen molar-refractivity contribution in [3.8, 4) is 0 Å². The summed E-state index contributed by atoms with van der Waals surface area (Å²) in [6.45, 7) is 0.483. The number of rotatable bonds is 4. The van der Waals surface area contributed by atoms with E-state index in [-0.39, 0.29) is 13.1 Å². The fraction of sp³-hybridized carbons (Fsp3) is 0.714. The lowest BCUT2D eigenvalue weighted by Gasteiger charge is -2.33. The minimum Gasteiger partial charge on any atom is -0.481 e. The third-order valence-electron chi connectivity index (χ3n) is 4.52. The summed E-state index contributed by atoms with van der Waals surface area (Å²) in [5.74, 6) is -7.96. The Morgan fingerprint density at radius 2 is 1.68 bits per heavy atom.